The third-order valence-corrected chi connectivity index (χ3v) is 1.65. The molecule has 6 heteroatoms. The molecule has 0 aliphatic carbocycles. The van der Waals surface area contributed by atoms with Gasteiger partial charge in [-0.15, -0.1) is 0 Å². The van der Waals surface area contributed by atoms with Gasteiger partial charge in [0.05, 0.1) is 0 Å². The van der Waals surface area contributed by atoms with E-state index >= 15 is 0 Å². The van der Waals surface area contributed by atoms with Gasteiger partial charge in [-0.25, -0.2) is 4.79 Å². The first-order valence-corrected chi connectivity index (χ1v) is 5.07. The Morgan fingerprint density at radius 2 is 2.12 bits per heavy atom. The minimum absolute atomic E-state index is 0.364. The van der Waals surface area contributed by atoms with Crippen molar-refractivity contribution in [3.63, 3.8) is 0 Å². The van der Waals surface area contributed by atoms with Crippen LogP contribution in [0.4, 0.5) is 4.79 Å². The topological polar surface area (TPSA) is 77.2 Å². The Balaban J connectivity index is 2.52. The lowest BCUT2D eigenvalue weighted by Gasteiger charge is -2.20. The van der Waals surface area contributed by atoms with Crippen molar-refractivity contribution >= 4 is 6.09 Å². The van der Waals surface area contributed by atoms with Gasteiger partial charge < -0.3 is 14.6 Å². The molecule has 1 amide bonds. The van der Waals surface area contributed by atoms with Gasteiger partial charge in [-0.1, -0.05) is 5.16 Å². The highest BCUT2D eigenvalue weighted by Crippen LogP contribution is 2.11. The Morgan fingerprint density at radius 3 is 2.56 bits per heavy atom. The van der Waals surface area contributed by atoms with E-state index < -0.39 is 11.7 Å². The van der Waals surface area contributed by atoms with Crippen LogP contribution < -0.4 is 5.32 Å². The summed E-state index contributed by atoms with van der Waals surface area (Å²) in [6, 6.07) is -0.365. The summed E-state index contributed by atoms with van der Waals surface area (Å²) in [5, 5.41) is 6.25. The minimum Gasteiger partial charge on any atom is -0.444 e. The van der Waals surface area contributed by atoms with E-state index in [0.717, 1.165) is 0 Å². The van der Waals surface area contributed by atoms with Crippen LogP contribution in [0.25, 0.3) is 0 Å². The fourth-order valence-electron chi connectivity index (χ4n) is 1.04. The molecule has 0 unspecified atom stereocenters. The summed E-state index contributed by atoms with van der Waals surface area (Å²) in [6.45, 7) is 8.86. The van der Waals surface area contributed by atoms with Gasteiger partial charge in [-0.2, -0.15) is 4.98 Å². The second-order valence-electron chi connectivity index (χ2n) is 4.55. The number of amides is 1. The van der Waals surface area contributed by atoms with Crippen LogP contribution in [-0.2, 0) is 4.74 Å². The molecule has 6 nitrogen and oxygen atoms in total. The average molecular weight is 227 g/mol. The molecule has 0 aliphatic rings. The molecule has 0 spiro atoms. The van der Waals surface area contributed by atoms with Crippen LogP contribution in [0.1, 0.15) is 45.5 Å². The number of nitrogens with zero attached hydrogens (tertiary/aromatic N) is 2. The van der Waals surface area contributed by atoms with Gasteiger partial charge in [0.15, 0.2) is 5.82 Å². The lowest BCUT2D eigenvalue weighted by Crippen LogP contribution is -2.34. The molecular weight excluding hydrogens is 210 g/mol. The lowest BCUT2D eigenvalue weighted by atomic mass is 10.2. The van der Waals surface area contributed by atoms with Crippen LogP contribution in [-0.4, -0.2) is 21.8 Å². The maximum absolute atomic E-state index is 11.4. The molecule has 0 fully saturated rings. The summed E-state index contributed by atoms with van der Waals surface area (Å²) in [4.78, 5) is 15.4. The summed E-state index contributed by atoms with van der Waals surface area (Å²) in [7, 11) is 0. The number of rotatable bonds is 2. The van der Waals surface area contributed by atoms with Crippen molar-refractivity contribution in [3.05, 3.63) is 11.7 Å². The third-order valence-electron chi connectivity index (χ3n) is 1.65. The van der Waals surface area contributed by atoms with Crippen molar-refractivity contribution in [1.29, 1.82) is 0 Å². The second-order valence-corrected chi connectivity index (χ2v) is 4.55. The average Bonchev–Trinajstić information content (AvgIpc) is 2.47. The number of aryl methyl sites for hydroxylation is 1. The zero-order chi connectivity index (χ0) is 12.3. The highest BCUT2D eigenvalue weighted by atomic mass is 16.6. The van der Waals surface area contributed by atoms with E-state index in [4.69, 9.17) is 9.26 Å². The summed E-state index contributed by atoms with van der Waals surface area (Å²) in [6.07, 6.45) is -0.504. The molecule has 0 radical (unpaired) electrons. The number of carbonyl (C=O) groups is 1. The molecule has 1 aromatic heterocycles. The molecule has 0 bridgehead atoms. The van der Waals surface area contributed by atoms with E-state index in [9.17, 15) is 4.79 Å². The third kappa shape index (κ3) is 3.88. The molecule has 0 aromatic carbocycles. The SMILES string of the molecule is Cc1noc([C@H](C)NC(=O)OC(C)(C)C)n1. The van der Waals surface area contributed by atoms with E-state index in [2.05, 4.69) is 15.5 Å². The van der Waals surface area contributed by atoms with Gasteiger partial charge in [0.1, 0.15) is 11.6 Å². The minimum atomic E-state index is -0.519. The van der Waals surface area contributed by atoms with E-state index in [1.54, 1.807) is 34.6 Å². The summed E-state index contributed by atoms with van der Waals surface area (Å²) < 4.78 is 10.0. The quantitative estimate of drug-likeness (QED) is 0.835. The largest absolute Gasteiger partial charge is 0.444 e. The van der Waals surface area contributed by atoms with E-state index in [-0.39, 0.29) is 6.04 Å². The maximum atomic E-state index is 11.4. The van der Waals surface area contributed by atoms with Crippen LogP contribution in [0, 0.1) is 6.92 Å². The van der Waals surface area contributed by atoms with Crippen LogP contribution >= 0.6 is 0 Å². The zero-order valence-corrected chi connectivity index (χ0v) is 10.2. The zero-order valence-electron chi connectivity index (χ0n) is 10.2. The Kier molecular flexibility index (Phi) is 3.51. The Labute approximate surface area is 94.4 Å². The number of carbonyl (C=O) groups excluding carboxylic acids is 1. The number of alkyl carbamates (subject to hydrolysis) is 1. The molecule has 1 aromatic rings. The molecule has 90 valence electrons. The van der Waals surface area contributed by atoms with Gasteiger partial charge in [0.25, 0.3) is 0 Å². The standard InChI is InChI=1S/C10H17N3O3/c1-6(8-12-7(2)13-16-8)11-9(14)15-10(3,4)5/h6H,1-5H3,(H,11,14)/t6-/m0/s1. The normalized spacial score (nSPS) is 13.3. The van der Waals surface area contributed by atoms with Crippen LogP contribution in [0.2, 0.25) is 0 Å². The first kappa shape index (κ1) is 12.5. The predicted octanol–water partition coefficient (Wildman–Crippen LogP) is 1.96. The van der Waals surface area contributed by atoms with Gasteiger partial charge >= 0.3 is 6.09 Å². The molecule has 16 heavy (non-hydrogen) atoms. The molecular formula is C10H17N3O3. The van der Waals surface area contributed by atoms with E-state index in [1.165, 1.54) is 0 Å². The molecule has 1 atom stereocenters. The fraction of sp³-hybridized carbons (Fsp3) is 0.700. The summed E-state index contributed by atoms with van der Waals surface area (Å²) >= 11 is 0. The number of aromatic nitrogens is 2. The lowest BCUT2D eigenvalue weighted by molar-refractivity contribution is 0.0499. The van der Waals surface area contributed by atoms with Crippen LogP contribution in [0.3, 0.4) is 0 Å². The molecule has 0 saturated heterocycles. The Bertz CT molecular complexity index is 368. The Morgan fingerprint density at radius 1 is 1.50 bits per heavy atom. The monoisotopic (exact) mass is 227 g/mol. The highest BCUT2D eigenvalue weighted by Gasteiger charge is 2.20. The number of ether oxygens (including phenoxy) is 1. The molecule has 1 N–H and O–H groups in total. The van der Waals surface area contributed by atoms with Crippen molar-refractivity contribution in [2.24, 2.45) is 0 Å². The van der Waals surface area contributed by atoms with Crippen molar-refractivity contribution in [3.8, 4) is 0 Å². The van der Waals surface area contributed by atoms with Crippen LogP contribution in [0.15, 0.2) is 4.52 Å². The van der Waals surface area contributed by atoms with Gasteiger partial charge in [-0.3, -0.25) is 0 Å². The highest BCUT2D eigenvalue weighted by molar-refractivity contribution is 5.68. The first-order valence-electron chi connectivity index (χ1n) is 5.07. The maximum Gasteiger partial charge on any atom is 0.408 e. The van der Waals surface area contributed by atoms with E-state index in [1.807, 2.05) is 0 Å². The van der Waals surface area contributed by atoms with Gasteiger partial charge in [0, 0.05) is 0 Å². The number of hydrogen-bond acceptors (Lipinski definition) is 5. The van der Waals surface area contributed by atoms with Crippen molar-refractivity contribution < 1.29 is 14.1 Å². The molecule has 1 rings (SSSR count). The smallest absolute Gasteiger partial charge is 0.408 e. The Hall–Kier alpha value is -1.59. The molecule has 0 saturated carbocycles. The van der Waals surface area contributed by atoms with Crippen LogP contribution in [0.5, 0.6) is 0 Å². The molecule has 0 aliphatic heterocycles. The summed E-state index contributed by atoms with van der Waals surface area (Å²) in [5.41, 5.74) is -0.519. The van der Waals surface area contributed by atoms with E-state index in [0.29, 0.717) is 11.7 Å². The molecule has 1 heterocycles. The van der Waals surface area contributed by atoms with Crippen molar-refractivity contribution in [2.75, 3.05) is 0 Å². The first-order chi connectivity index (χ1) is 7.28. The van der Waals surface area contributed by atoms with Crippen molar-refractivity contribution in [1.82, 2.24) is 15.5 Å². The number of hydrogen-bond donors (Lipinski definition) is 1. The predicted molar refractivity (Wildman–Crippen MR) is 56.8 cm³/mol. The fourth-order valence-corrected chi connectivity index (χ4v) is 1.04. The second kappa shape index (κ2) is 4.51. The van der Waals surface area contributed by atoms with Gasteiger partial charge in [0.2, 0.25) is 5.89 Å². The summed E-state index contributed by atoms with van der Waals surface area (Å²) in [5.74, 6) is 0.899. The van der Waals surface area contributed by atoms with Gasteiger partial charge in [-0.05, 0) is 34.6 Å². The van der Waals surface area contributed by atoms with Crippen molar-refractivity contribution in [2.45, 2.75) is 46.3 Å². The number of nitrogens with one attached hydrogen (secondary N) is 1.